The molecule has 1 aromatic heterocycles. The van der Waals surface area contributed by atoms with Gasteiger partial charge in [0.2, 0.25) is 0 Å². The number of hydrogen-bond acceptors (Lipinski definition) is 9. The molecule has 4 N–H and O–H groups in total. The van der Waals surface area contributed by atoms with E-state index >= 15 is 0 Å². The lowest BCUT2D eigenvalue weighted by Gasteiger charge is -2.38. The minimum Gasteiger partial charge on any atom is -0.493 e. The van der Waals surface area contributed by atoms with Crippen molar-refractivity contribution in [3.8, 4) is 5.75 Å². The van der Waals surface area contributed by atoms with Gasteiger partial charge in [-0.1, -0.05) is 6.07 Å². The lowest BCUT2D eigenvalue weighted by Crippen LogP contribution is -2.49. The standard InChI is InChI=1S/C32H44N6O7/c1-31(2,3)44-29(41)35-22-8-10-25(34-18-22)37-14-11-20(12-15-37)19-43-23-9-7-21-13-16-38(30(42)45-32(4,5)6)26(24(21)17-23)27(33)36-28(39)40/h7-10,17-18,20,26H,11-16,19H2,1-6H3,(H2,33,36)(H,35,41)(H,39,40). The van der Waals surface area contributed by atoms with Crippen LogP contribution >= 0.6 is 0 Å². The van der Waals surface area contributed by atoms with E-state index in [1.54, 1.807) is 39.1 Å². The molecule has 1 aromatic carbocycles. The van der Waals surface area contributed by atoms with Crippen LogP contribution in [0.25, 0.3) is 0 Å². The summed E-state index contributed by atoms with van der Waals surface area (Å²) < 4.78 is 17.0. The van der Waals surface area contributed by atoms with Crippen molar-refractivity contribution in [3.05, 3.63) is 47.7 Å². The highest BCUT2D eigenvalue weighted by Crippen LogP contribution is 2.34. The molecule has 3 amide bonds. The first-order valence-corrected chi connectivity index (χ1v) is 15.1. The quantitative estimate of drug-likeness (QED) is 0.229. The third-order valence-corrected chi connectivity index (χ3v) is 7.31. The van der Waals surface area contributed by atoms with E-state index in [1.165, 1.54) is 4.90 Å². The molecule has 2 aliphatic rings. The Morgan fingerprint density at radius 1 is 1.00 bits per heavy atom. The number of benzene rings is 1. The molecule has 2 aromatic rings. The molecule has 4 rings (SSSR count). The Morgan fingerprint density at radius 3 is 2.29 bits per heavy atom. The number of hydrogen-bond donors (Lipinski definition) is 4. The van der Waals surface area contributed by atoms with Gasteiger partial charge in [-0.05, 0) is 102 Å². The number of carbonyl (C=O) groups excluding carboxylic acids is 2. The smallest absolute Gasteiger partial charge is 0.412 e. The molecular formula is C32H44N6O7. The molecule has 1 unspecified atom stereocenters. The predicted molar refractivity (Wildman–Crippen MR) is 169 cm³/mol. The van der Waals surface area contributed by atoms with Crippen molar-refractivity contribution in [2.75, 3.05) is 36.5 Å². The third kappa shape index (κ3) is 9.47. The Balaban J connectivity index is 1.36. The minimum absolute atomic E-state index is 0.285. The summed E-state index contributed by atoms with van der Waals surface area (Å²) in [6.07, 6.45) is 1.43. The Bertz CT molecular complexity index is 1390. The van der Waals surface area contributed by atoms with E-state index in [1.807, 2.05) is 39.0 Å². The molecule has 45 heavy (non-hydrogen) atoms. The van der Waals surface area contributed by atoms with Gasteiger partial charge < -0.3 is 24.2 Å². The molecular weight excluding hydrogens is 580 g/mol. The zero-order chi connectivity index (χ0) is 32.9. The fraction of sp³-hybridized carbons (Fsp3) is 0.531. The number of aromatic nitrogens is 1. The molecule has 0 aliphatic carbocycles. The van der Waals surface area contributed by atoms with Crippen LogP contribution in [0.3, 0.4) is 0 Å². The molecule has 0 bridgehead atoms. The second kappa shape index (κ2) is 13.6. The largest absolute Gasteiger partial charge is 0.493 e. The number of pyridine rings is 1. The number of amidine groups is 1. The van der Waals surface area contributed by atoms with Crippen LogP contribution in [0, 0.1) is 11.3 Å². The molecule has 0 spiro atoms. The summed E-state index contributed by atoms with van der Waals surface area (Å²) in [5.41, 5.74) is 0.779. The van der Waals surface area contributed by atoms with Crippen molar-refractivity contribution in [2.24, 2.45) is 5.92 Å². The maximum absolute atomic E-state index is 13.0. The molecule has 0 radical (unpaired) electrons. The van der Waals surface area contributed by atoms with E-state index in [-0.39, 0.29) is 12.4 Å². The summed E-state index contributed by atoms with van der Waals surface area (Å²) in [6, 6.07) is 8.31. The van der Waals surface area contributed by atoms with E-state index in [0.717, 1.165) is 37.3 Å². The summed E-state index contributed by atoms with van der Waals surface area (Å²) in [4.78, 5) is 44.6. The number of amides is 3. The average Bonchev–Trinajstić information content (AvgIpc) is 2.93. The lowest BCUT2D eigenvalue weighted by atomic mass is 9.91. The number of anilines is 2. The third-order valence-electron chi connectivity index (χ3n) is 7.31. The zero-order valence-electron chi connectivity index (χ0n) is 26.8. The van der Waals surface area contributed by atoms with Crippen LogP contribution in [0.15, 0.2) is 36.5 Å². The predicted octanol–water partition coefficient (Wildman–Crippen LogP) is 5.80. The second-order valence-electron chi connectivity index (χ2n) is 13.3. The Kier molecular flexibility index (Phi) is 10.1. The summed E-state index contributed by atoms with van der Waals surface area (Å²) in [7, 11) is 0. The maximum atomic E-state index is 13.0. The number of nitrogens with one attached hydrogen (secondary N) is 3. The van der Waals surface area contributed by atoms with Gasteiger partial charge in [-0.15, -0.1) is 0 Å². The molecule has 13 nitrogen and oxygen atoms in total. The Labute approximate surface area is 263 Å². The van der Waals surface area contributed by atoms with Crippen molar-refractivity contribution in [1.29, 1.82) is 5.41 Å². The highest BCUT2D eigenvalue weighted by Gasteiger charge is 2.37. The Morgan fingerprint density at radius 2 is 1.69 bits per heavy atom. The fourth-order valence-electron chi connectivity index (χ4n) is 5.31. The summed E-state index contributed by atoms with van der Waals surface area (Å²) in [5.74, 6) is 1.40. The highest BCUT2D eigenvalue weighted by molar-refractivity contribution is 5.98. The van der Waals surface area contributed by atoms with E-state index < -0.39 is 35.5 Å². The van der Waals surface area contributed by atoms with Crippen LogP contribution in [-0.4, -0.2) is 76.5 Å². The molecule has 244 valence electrons. The van der Waals surface area contributed by atoms with Crippen LogP contribution in [0.5, 0.6) is 5.75 Å². The van der Waals surface area contributed by atoms with Gasteiger partial charge in [-0.2, -0.15) is 0 Å². The number of fused-ring (bicyclic) bond motifs is 1. The van der Waals surface area contributed by atoms with Crippen molar-refractivity contribution < 1.29 is 33.7 Å². The Hall–Kier alpha value is -4.55. The molecule has 1 fully saturated rings. The molecule has 3 heterocycles. The number of nitrogens with zero attached hydrogens (tertiary/aromatic N) is 3. The monoisotopic (exact) mass is 624 g/mol. The van der Waals surface area contributed by atoms with Gasteiger partial charge in [-0.3, -0.25) is 20.9 Å². The number of piperidine rings is 1. The van der Waals surface area contributed by atoms with Crippen molar-refractivity contribution >= 4 is 35.6 Å². The summed E-state index contributed by atoms with van der Waals surface area (Å²) >= 11 is 0. The molecule has 2 aliphatic heterocycles. The first-order valence-electron chi connectivity index (χ1n) is 15.1. The molecule has 13 heteroatoms. The van der Waals surface area contributed by atoms with Gasteiger partial charge in [0.25, 0.3) is 0 Å². The number of carbonyl (C=O) groups is 3. The van der Waals surface area contributed by atoms with E-state index in [0.29, 0.717) is 35.9 Å². The van der Waals surface area contributed by atoms with Crippen LogP contribution in [0.1, 0.15) is 71.6 Å². The average molecular weight is 625 g/mol. The van der Waals surface area contributed by atoms with Gasteiger partial charge in [0.05, 0.1) is 18.5 Å². The van der Waals surface area contributed by atoms with E-state index in [4.69, 9.17) is 19.6 Å². The lowest BCUT2D eigenvalue weighted by molar-refractivity contribution is 0.0195. The maximum Gasteiger partial charge on any atom is 0.412 e. The van der Waals surface area contributed by atoms with E-state index in [2.05, 4.69) is 20.5 Å². The van der Waals surface area contributed by atoms with E-state index in [9.17, 15) is 19.5 Å². The van der Waals surface area contributed by atoms with Gasteiger partial charge in [0, 0.05) is 19.6 Å². The molecule has 1 saturated heterocycles. The van der Waals surface area contributed by atoms with Crippen molar-refractivity contribution in [1.82, 2.24) is 15.2 Å². The second-order valence-corrected chi connectivity index (χ2v) is 13.3. The zero-order valence-corrected chi connectivity index (χ0v) is 26.8. The first-order chi connectivity index (χ1) is 21.1. The normalized spacial score (nSPS) is 17.2. The molecule has 0 saturated carbocycles. The first kappa shape index (κ1) is 33.3. The number of rotatable bonds is 6. The SMILES string of the molecule is CC(C)(C)OC(=O)Nc1ccc(N2CCC(COc3ccc4c(c3)C(C(=N)NC(=O)O)N(C(=O)OC(C)(C)C)CC4)CC2)nc1. The summed E-state index contributed by atoms with van der Waals surface area (Å²) in [5, 5.41) is 22.6. The van der Waals surface area contributed by atoms with Crippen LogP contribution in [0.4, 0.5) is 25.9 Å². The molecule has 1 atom stereocenters. The van der Waals surface area contributed by atoms with Crippen LogP contribution < -0.4 is 20.3 Å². The van der Waals surface area contributed by atoms with Crippen molar-refractivity contribution in [2.45, 2.75) is 78.0 Å². The minimum atomic E-state index is -1.38. The van der Waals surface area contributed by atoms with Crippen LogP contribution in [0.2, 0.25) is 0 Å². The van der Waals surface area contributed by atoms with Gasteiger partial charge in [0.15, 0.2) is 0 Å². The van der Waals surface area contributed by atoms with Crippen molar-refractivity contribution in [3.63, 3.8) is 0 Å². The fourth-order valence-corrected chi connectivity index (χ4v) is 5.31. The van der Waals surface area contributed by atoms with Gasteiger partial charge in [0.1, 0.15) is 34.6 Å². The van der Waals surface area contributed by atoms with Gasteiger partial charge >= 0.3 is 18.3 Å². The number of ether oxygens (including phenoxy) is 3. The summed E-state index contributed by atoms with van der Waals surface area (Å²) in [6.45, 7) is 13.1. The highest BCUT2D eigenvalue weighted by atomic mass is 16.6. The van der Waals surface area contributed by atoms with Gasteiger partial charge in [-0.25, -0.2) is 19.4 Å². The van der Waals surface area contributed by atoms with Crippen LogP contribution in [-0.2, 0) is 15.9 Å². The number of carboxylic acid groups (broad SMARTS) is 1. The topological polar surface area (TPSA) is 166 Å².